The molecule has 0 unspecified atom stereocenters. The average Bonchev–Trinajstić information content (AvgIpc) is 3.22. The molecule has 8 atom stereocenters. The number of hydrogen-bond donors (Lipinski definition) is 2. The molecule has 3 saturated carbocycles. The zero-order valence-corrected chi connectivity index (χ0v) is 22.9. The van der Waals surface area contributed by atoms with Gasteiger partial charge in [0.2, 0.25) is 5.95 Å². The van der Waals surface area contributed by atoms with Crippen LogP contribution in [0.25, 0.3) is 0 Å². The largest absolute Gasteiger partial charge is 0.461 e. The Balaban J connectivity index is 1.64. The quantitative estimate of drug-likeness (QED) is 0.311. The summed E-state index contributed by atoms with van der Waals surface area (Å²) in [6.45, 7) is 15.1. The monoisotopic (exact) mass is 516 g/mol. The number of esters is 1. The van der Waals surface area contributed by atoms with Gasteiger partial charge in [0.05, 0.1) is 11.9 Å². The molecule has 1 aromatic heterocycles. The third-order valence-electron chi connectivity index (χ3n) is 9.78. The lowest BCUT2D eigenvalue weighted by Crippen LogP contribution is -2.63. The summed E-state index contributed by atoms with van der Waals surface area (Å²) in [5.74, 6) is 0.306. The second-order valence-corrected chi connectivity index (χ2v) is 12.4. The number of carbonyl (C=O) groups excluding carboxylic acids is 2. The molecule has 2 bridgehead atoms. The van der Waals surface area contributed by atoms with Gasteiger partial charge in [-0.15, -0.1) is 6.58 Å². The van der Waals surface area contributed by atoms with E-state index in [2.05, 4.69) is 47.6 Å². The van der Waals surface area contributed by atoms with Crippen molar-refractivity contribution >= 4 is 29.5 Å². The molecule has 1 heterocycles. The number of thioether (sulfide) groups is 1. The van der Waals surface area contributed by atoms with E-state index in [1.807, 2.05) is 19.9 Å². The first-order chi connectivity index (χ1) is 17.0. The smallest absolute Gasteiger partial charge is 0.316 e. The predicted octanol–water partition coefficient (Wildman–Crippen LogP) is 4.30. The fraction of sp³-hybridized carbons (Fsp3) is 0.741. The molecule has 0 radical (unpaired) electrons. The molecule has 3 fully saturated rings. The summed E-state index contributed by atoms with van der Waals surface area (Å²) >= 11 is 1.20. The number of nitrogens with one attached hydrogen (secondary N) is 1. The van der Waals surface area contributed by atoms with Gasteiger partial charge >= 0.3 is 5.97 Å². The van der Waals surface area contributed by atoms with Crippen molar-refractivity contribution in [1.82, 2.24) is 15.0 Å². The van der Waals surface area contributed by atoms with Gasteiger partial charge in [0.1, 0.15) is 18.2 Å². The van der Waals surface area contributed by atoms with Gasteiger partial charge in [-0.1, -0.05) is 45.5 Å². The van der Waals surface area contributed by atoms with Crippen molar-refractivity contribution in [2.24, 2.45) is 34.0 Å². The van der Waals surface area contributed by atoms with Crippen molar-refractivity contribution in [2.45, 2.75) is 84.1 Å². The van der Waals surface area contributed by atoms with E-state index < -0.39 is 23.0 Å². The Morgan fingerprint density at radius 3 is 2.78 bits per heavy atom. The molecule has 0 aliphatic heterocycles. The van der Waals surface area contributed by atoms with Crippen molar-refractivity contribution < 1.29 is 19.4 Å². The first-order valence-electron chi connectivity index (χ1n) is 13.1. The summed E-state index contributed by atoms with van der Waals surface area (Å²) in [5, 5.41) is 15.1. The Morgan fingerprint density at radius 1 is 1.33 bits per heavy atom. The molecule has 3 aliphatic carbocycles. The lowest BCUT2D eigenvalue weighted by molar-refractivity contribution is -0.205. The van der Waals surface area contributed by atoms with Crippen LogP contribution in [0.2, 0.25) is 0 Å². The second kappa shape index (κ2) is 10.0. The van der Waals surface area contributed by atoms with Gasteiger partial charge in [0.15, 0.2) is 5.16 Å². The molecule has 198 valence electrons. The van der Waals surface area contributed by atoms with Crippen LogP contribution in [0.4, 0.5) is 5.95 Å². The maximum Gasteiger partial charge on any atom is 0.316 e. The molecule has 2 N–H and O–H groups in total. The molecule has 0 amide bonds. The number of ether oxygens (including phenoxy) is 1. The SMILES string of the molecule is C=C[C@]1(C)C[C@@H](OC(=O)CSc2ncnc(NCC)n2)[C@]2(C)[C@H](C)CC[C@]3(CCC(=O)[C@H]32)[C@@H](C)[C@@H]1O. The molecule has 0 saturated heterocycles. The highest BCUT2D eigenvalue weighted by Gasteiger charge is 2.68. The van der Waals surface area contributed by atoms with E-state index in [-0.39, 0.29) is 40.7 Å². The number of hydrogen-bond acceptors (Lipinski definition) is 9. The predicted molar refractivity (Wildman–Crippen MR) is 139 cm³/mol. The highest BCUT2D eigenvalue weighted by molar-refractivity contribution is 7.99. The Bertz CT molecular complexity index is 1020. The van der Waals surface area contributed by atoms with E-state index in [1.54, 1.807) is 0 Å². The van der Waals surface area contributed by atoms with E-state index in [9.17, 15) is 14.7 Å². The van der Waals surface area contributed by atoms with Crippen LogP contribution in [0.3, 0.4) is 0 Å². The molecule has 9 heteroatoms. The molecule has 3 aliphatic rings. The molecular weight excluding hydrogens is 476 g/mol. The van der Waals surface area contributed by atoms with Crippen molar-refractivity contribution in [3.05, 3.63) is 19.0 Å². The molecule has 1 aromatic rings. The van der Waals surface area contributed by atoms with E-state index >= 15 is 0 Å². The summed E-state index contributed by atoms with van der Waals surface area (Å²) in [4.78, 5) is 39.2. The van der Waals surface area contributed by atoms with Crippen molar-refractivity contribution in [3.8, 4) is 0 Å². The number of aromatic nitrogens is 3. The fourth-order valence-electron chi connectivity index (χ4n) is 7.41. The van der Waals surface area contributed by atoms with Crippen LogP contribution in [-0.4, -0.2) is 56.3 Å². The molecule has 8 nitrogen and oxygen atoms in total. The third-order valence-corrected chi connectivity index (χ3v) is 10.6. The van der Waals surface area contributed by atoms with Gasteiger partial charge in [-0.3, -0.25) is 9.59 Å². The second-order valence-electron chi connectivity index (χ2n) is 11.5. The van der Waals surface area contributed by atoms with Gasteiger partial charge < -0.3 is 15.2 Å². The Kier molecular flexibility index (Phi) is 7.55. The zero-order chi connectivity index (χ0) is 26.3. The molecule has 36 heavy (non-hydrogen) atoms. The van der Waals surface area contributed by atoms with Crippen LogP contribution in [0.5, 0.6) is 0 Å². The summed E-state index contributed by atoms with van der Waals surface area (Å²) in [6.07, 6.45) is 5.64. The topological polar surface area (TPSA) is 114 Å². The normalized spacial score (nSPS) is 40.1. The van der Waals surface area contributed by atoms with Gasteiger partial charge in [-0.05, 0) is 49.9 Å². The maximum atomic E-state index is 13.5. The summed E-state index contributed by atoms with van der Waals surface area (Å²) in [7, 11) is 0. The number of anilines is 1. The zero-order valence-electron chi connectivity index (χ0n) is 22.1. The minimum absolute atomic E-state index is 0.0457. The number of ketones is 1. The van der Waals surface area contributed by atoms with Crippen LogP contribution >= 0.6 is 11.8 Å². The van der Waals surface area contributed by atoms with Crippen LogP contribution in [0.15, 0.2) is 24.1 Å². The average molecular weight is 517 g/mol. The molecule has 0 spiro atoms. The van der Waals surface area contributed by atoms with Crippen LogP contribution in [0, 0.1) is 34.0 Å². The summed E-state index contributed by atoms with van der Waals surface area (Å²) < 4.78 is 6.26. The molecule has 0 aromatic carbocycles. The van der Waals surface area contributed by atoms with Gasteiger partial charge in [-0.25, -0.2) is 9.97 Å². The van der Waals surface area contributed by atoms with E-state index in [0.717, 1.165) is 19.3 Å². The van der Waals surface area contributed by atoms with Crippen molar-refractivity contribution in [1.29, 1.82) is 0 Å². The summed E-state index contributed by atoms with van der Waals surface area (Å²) in [5.41, 5.74) is -1.44. The minimum atomic E-state index is -0.674. The van der Waals surface area contributed by atoms with Crippen molar-refractivity contribution in [3.63, 3.8) is 0 Å². The Morgan fingerprint density at radius 2 is 2.08 bits per heavy atom. The lowest BCUT2D eigenvalue weighted by atomic mass is 9.44. The van der Waals surface area contributed by atoms with Gasteiger partial charge in [0, 0.05) is 29.7 Å². The first-order valence-corrected chi connectivity index (χ1v) is 14.1. The third kappa shape index (κ3) is 4.36. The number of carbonyl (C=O) groups is 2. The standard InChI is InChI=1S/C27H40N4O4S/c1-7-25(5)13-19(35-20(33)14-36-24-30-15-29-23(31-24)28-8-2)26(6)16(3)9-11-27(17(4)22(25)34)12-10-18(32)21(26)27/h7,15-17,19,21-22,34H,1,8-14H2,2-6H3,(H,28,29,30,31)/t16-,17+,19-,21+,22+,25-,26+,27+/m1/s1. The first kappa shape index (κ1) is 27.0. The highest BCUT2D eigenvalue weighted by atomic mass is 32.2. The lowest BCUT2D eigenvalue weighted by Gasteiger charge is -2.61. The maximum absolute atomic E-state index is 13.5. The number of aliphatic hydroxyl groups excluding tert-OH is 1. The van der Waals surface area contributed by atoms with E-state index in [4.69, 9.17) is 4.74 Å². The Labute approximate surface area is 218 Å². The number of nitrogens with zero attached hydrogens (tertiary/aromatic N) is 3. The van der Waals surface area contributed by atoms with Crippen LogP contribution < -0.4 is 5.32 Å². The minimum Gasteiger partial charge on any atom is -0.461 e. The van der Waals surface area contributed by atoms with Gasteiger partial charge in [-0.2, -0.15) is 4.98 Å². The number of Topliss-reactive ketones (excluding diaryl/α,β-unsaturated/α-hetero) is 1. The van der Waals surface area contributed by atoms with Crippen LogP contribution in [0.1, 0.15) is 66.7 Å². The fourth-order valence-corrected chi connectivity index (χ4v) is 8.00. The van der Waals surface area contributed by atoms with E-state index in [1.165, 1.54) is 18.1 Å². The van der Waals surface area contributed by atoms with Crippen molar-refractivity contribution in [2.75, 3.05) is 17.6 Å². The molecule has 4 rings (SSSR count). The highest BCUT2D eigenvalue weighted by Crippen LogP contribution is 2.68. The van der Waals surface area contributed by atoms with Crippen LogP contribution in [-0.2, 0) is 14.3 Å². The molecular formula is C27H40N4O4S. The Hall–Kier alpha value is -2.00. The summed E-state index contributed by atoms with van der Waals surface area (Å²) in [6, 6.07) is 0. The van der Waals surface area contributed by atoms with E-state index in [0.29, 0.717) is 30.5 Å². The number of rotatable bonds is 7. The number of aliphatic hydroxyl groups is 1. The van der Waals surface area contributed by atoms with Gasteiger partial charge in [0.25, 0.3) is 0 Å².